The Morgan fingerprint density at radius 2 is 2.00 bits per heavy atom. The van der Waals surface area contributed by atoms with E-state index in [1.807, 2.05) is 0 Å². The summed E-state index contributed by atoms with van der Waals surface area (Å²) in [5.41, 5.74) is 0.832. The molecule has 6 heteroatoms. The molecule has 0 radical (unpaired) electrons. The van der Waals surface area contributed by atoms with E-state index in [1.165, 1.54) is 19.1 Å². The number of benzene rings is 1. The van der Waals surface area contributed by atoms with E-state index in [2.05, 4.69) is 4.72 Å². The third kappa shape index (κ3) is 4.13. The fourth-order valence-corrected chi connectivity index (χ4v) is 1.96. The SMILES string of the molecule is C[C@H](C#N)S(=O)(=O)NCCc1ccc(F)cc1. The fraction of sp³-hybridized carbons (Fsp3) is 0.364. The molecular weight excluding hydrogens is 243 g/mol. The Labute approximate surface area is 100 Å². The molecule has 1 aromatic carbocycles. The second-order valence-corrected chi connectivity index (χ2v) is 5.67. The molecule has 0 aliphatic rings. The van der Waals surface area contributed by atoms with Crippen LogP contribution in [0.3, 0.4) is 0 Å². The van der Waals surface area contributed by atoms with E-state index in [0.717, 1.165) is 5.56 Å². The van der Waals surface area contributed by atoms with E-state index in [9.17, 15) is 12.8 Å². The summed E-state index contributed by atoms with van der Waals surface area (Å²) in [6.07, 6.45) is 0.456. The first-order valence-corrected chi connectivity index (χ1v) is 6.63. The van der Waals surface area contributed by atoms with Crippen LogP contribution in [0, 0.1) is 17.1 Å². The van der Waals surface area contributed by atoms with Crippen LogP contribution in [0.1, 0.15) is 12.5 Å². The highest BCUT2D eigenvalue weighted by molar-refractivity contribution is 7.90. The summed E-state index contributed by atoms with van der Waals surface area (Å²) in [4.78, 5) is 0. The lowest BCUT2D eigenvalue weighted by Crippen LogP contribution is -2.33. The van der Waals surface area contributed by atoms with Gasteiger partial charge in [-0.3, -0.25) is 0 Å². The van der Waals surface area contributed by atoms with E-state index in [1.54, 1.807) is 18.2 Å². The average Bonchev–Trinajstić information content (AvgIpc) is 2.30. The Hall–Kier alpha value is -1.45. The van der Waals surface area contributed by atoms with Gasteiger partial charge < -0.3 is 0 Å². The monoisotopic (exact) mass is 256 g/mol. The minimum Gasteiger partial charge on any atom is -0.214 e. The predicted molar refractivity (Wildman–Crippen MR) is 62.1 cm³/mol. The van der Waals surface area contributed by atoms with Crippen LogP contribution < -0.4 is 4.72 Å². The Bertz CT molecular complexity index is 505. The van der Waals surface area contributed by atoms with Crippen molar-refractivity contribution in [1.82, 2.24) is 4.72 Å². The number of hydrogen-bond donors (Lipinski definition) is 1. The molecule has 0 saturated heterocycles. The summed E-state index contributed by atoms with van der Waals surface area (Å²) in [7, 11) is -3.57. The third-order valence-corrected chi connectivity index (χ3v) is 3.92. The molecule has 0 aliphatic carbocycles. The number of nitrogens with zero attached hydrogens (tertiary/aromatic N) is 1. The smallest absolute Gasteiger partial charge is 0.214 e. The van der Waals surface area contributed by atoms with Crippen LogP contribution in [0.5, 0.6) is 0 Å². The molecule has 17 heavy (non-hydrogen) atoms. The van der Waals surface area contributed by atoms with Crippen molar-refractivity contribution in [3.05, 3.63) is 35.6 Å². The zero-order valence-electron chi connectivity index (χ0n) is 9.35. The second-order valence-electron chi connectivity index (χ2n) is 3.59. The van der Waals surface area contributed by atoms with Gasteiger partial charge in [0, 0.05) is 6.54 Å². The molecule has 4 nitrogen and oxygen atoms in total. The summed E-state index contributed by atoms with van der Waals surface area (Å²) in [6, 6.07) is 7.49. The minimum atomic E-state index is -3.57. The number of hydrogen-bond acceptors (Lipinski definition) is 3. The van der Waals surface area contributed by atoms with Crippen molar-refractivity contribution in [2.75, 3.05) is 6.54 Å². The summed E-state index contributed by atoms with van der Waals surface area (Å²) < 4.78 is 37.8. The van der Waals surface area contributed by atoms with Gasteiger partial charge in [0.25, 0.3) is 0 Å². The Balaban J connectivity index is 2.49. The van der Waals surface area contributed by atoms with E-state index in [4.69, 9.17) is 5.26 Å². The van der Waals surface area contributed by atoms with Crippen LogP contribution in [0.2, 0.25) is 0 Å². The number of nitriles is 1. The van der Waals surface area contributed by atoms with Gasteiger partial charge in [-0.2, -0.15) is 5.26 Å². The maximum absolute atomic E-state index is 12.6. The molecule has 0 unspecified atom stereocenters. The number of halogens is 1. The number of rotatable bonds is 5. The molecule has 0 bridgehead atoms. The van der Waals surface area contributed by atoms with Gasteiger partial charge in [-0.1, -0.05) is 12.1 Å². The second kappa shape index (κ2) is 5.75. The van der Waals surface area contributed by atoms with Crippen molar-refractivity contribution < 1.29 is 12.8 Å². The van der Waals surface area contributed by atoms with Gasteiger partial charge in [0.15, 0.2) is 5.25 Å². The predicted octanol–water partition coefficient (Wildman–Crippen LogP) is 1.20. The topological polar surface area (TPSA) is 70.0 Å². The minimum absolute atomic E-state index is 0.194. The molecule has 1 aromatic rings. The summed E-state index contributed by atoms with van der Waals surface area (Å²) in [5.74, 6) is -0.326. The van der Waals surface area contributed by atoms with Crippen LogP contribution >= 0.6 is 0 Å². The molecule has 0 spiro atoms. The van der Waals surface area contributed by atoms with Crippen molar-refractivity contribution >= 4 is 10.0 Å². The van der Waals surface area contributed by atoms with Gasteiger partial charge in [-0.15, -0.1) is 0 Å². The highest BCUT2D eigenvalue weighted by atomic mass is 32.2. The van der Waals surface area contributed by atoms with Crippen molar-refractivity contribution in [3.8, 4) is 6.07 Å². The molecule has 1 N–H and O–H groups in total. The van der Waals surface area contributed by atoms with Crippen molar-refractivity contribution in [1.29, 1.82) is 5.26 Å². The molecule has 0 amide bonds. The molecule has 0 heterocycles. The quantitative estimate of drug-likeness (QED) is 0.860. The van der Waals surface area contributed by atoms with Crippen LogP contribution in [-0.2, 0) is 16.4 Å². The zero-order valence-corrected chi connectivity index (χ0v) is 10.2. The highest BCUT2D eigenvalue weighted by Crippen LogP contribution is 2.03. The Morgan fingerprint density at radius 1 is 1.41 bits per heavy atom. The lowest BCUT2D eigenvalue weighted by atomic mass is 10.1. The van der Waals surface area contributed by atoms with Gasteiger partial charge in [0.2, 0.25) is 10.0 Å². The zero-order chi connectivity index (χ0) is 12.9. The van der Waals surface area contributed by atoms with E-state index in [0.29, 0.717) is 6.42 Å². The van der Waals surface area contributed by atoms with Crippen molar-refractivity contribution in [3.63, 3.8) is 0 Å². The fourth-order valence-electron chi connectivity index (χ4n) is 1.18. The van der Waals surface area contributed by atoms with Crippen molar-refractivity contribution in [2.45, 2.75) is 18.6 Å². The molecule has 0 fully saturated rings. The number of sulfonamides is 1. The third-order valence-electron chi connectivity index (χ3n) is 2.28. The first kappa shape index (κ1) is 13.6. The van der Waals surface area contributed by atoms with Gasteiger partial charge in [0.05, 0.1) is 6.07 Å². The molecule has 0 aromatic heterocycles. The average molecular weight is 256 g/mol. The maximum Gasteiger partial charge on any atom is 0.227 e. The highest BCUT2D eigenvalue weighted by Gasteiger charge is 2.18. The molecule has 92 valence electrons. The van der Waals surface area contributed by atoms with Gasteiger partial charge in [-0.05, 0) is 31.0 Å². The lowest BCUT2D eigenvalue weighted by Gasteiger charge is -2.07. The standard InChI is InChI=1S/C11H13FN2O2S/c1-9(8-13)17(15,16)14-7-6-10-2-4-11(12)5-3-10/h2-5,9,14H,6-7H2,1H3/t9-/m1/s1. The van der Waals surface area contributed by atoms with Gasteiger partial charge >= 0.3 is 0 Å². The Morgan fingerprint density at radius 3 is 2.53 bits per heavy atom. The van der Waals surface area contributed by atoms with E-state index in [-0.39, 0.29) is 12.4 Å². The molecule has 1 atom stereocenters. The van der Waals surface area contributed by atoms with Crippen molar-refractivity contribution in [2.24, 2.45) is 0 Å². The molecular formula is C11H13FN2O2S. The molecule has 1 rings (SSSR count). The lowest BCUT2D eigenvalue weighted by molar-refractivity contribution is 0.577. The molecule has 0 aliphatic heterocycles. The van der Waals surface area contributed by atoms with Crippen LogP contribution in [-0.4, -0.2) is 20.2 Å². The van der Waals surface area contributed by atoms with Crippen LogP contribution in [0.25, 0.3) is 0 Å². The van der Waals surface area contributed by atoms with E-state index < -0.39 is 15.3 Å². The van der Waals surface area contributed by atoms with E-state index >= 15 is 0 Å². The normalized spacial score (nSPS) is 13.0. The summed E-state index contributed by atoms with van der Waals surface area (Å²) in [5, 5.41) is 7.43. The number of nitrogens with one attached hydrogen (secondary N) is 1. The Kier molecular flexibility index (Phi) is 4.61. The van der Waals surface area contributed by atoms with Crippen LogP contribution in [0.15, 0.2) is 24.3 Å². The van der Waals surface area contributed by atoms with Gasteiger partial charge in [-0.25, -0.2) is 17.5 Å². The summed E-state index contributed by atoms with van der Waals surface area (Å²) >= 11 is 0. The maximum atomic E-state index is 12.6. The summed E-state index contributed by atoms with van der Waals surface area (Å²) in [6.45, 7) is 1.51. The molecule has 0 saturated carbocycles. The first-order chi connectivity index (χ1) is 7.95. The first-order valence-electron chi connectivity index (χ1n) is 5.08. The largest absolute Gasteiger partial charge is 0.227 e. The van der Waals surface area contributed by atoms with Gasteiger partial charge in [0.1, 0.15) is 5.82 Å². The van der Waals surface area contributed by atoms with Crippen LogP contribution in [0.4, 0.5) is 4.39 Å².